The lowest BCUT2D eigenvalue weighted by Crippen LogP contribution is -2.15. The molecule has 0 saturated carbocycles. The van der Waals surface area contributed by atoms with Crippen molar-refractivity contribution in [2.75, 3.05) is 13.2 Å². The van der Waals surface area contributed by atoms with E-state index in [0.717, 1.165) is 26.1 Å². The number of rotatable bonds is 5. The van der Waals surface area contributed by atoms with Gasteiger partial charge < -0.3 is 4.74 Å². The van der Waals surface area contributed by atoms with Crippen molar-refractivity contribution in [1.29, 1.82) is 0 Å². The van der Waals surface area contributed by atoms with Crippen molar-refractivity contribution < 1.29 is 4.74 Å². The fourth-order valence-corrected chi connectivity index (χ4v) is 2.25. The van der Waals surface area contributed by atoms with Crippen LogP contribution in [0.2, 0.25) is 0 Å². The topological polar surface area (TPSA) is 9.23 Å². The number of benzene rings is 2. The summed E-state index contributed by atoms with van der Waals surface area (Å²) in [6.45, 7) is 8.30. The van der Waals surface area contributed by atoms with E-state index in [1.165, 1.54) is 16.3 Å². The van der Waals surface area contributed by atoms with Crippen molar-refractivity contribution in [3.05, 3.63) is 48.0 Å². The summed E-state index contributed by atoms with van der Waals surface area (Å²) >= 11 is 0. The summed E-state index contributed by atoms with van der Waals surface area (Å²) in [4.78, 5) is 0. The molecule has 19 heavy (non-hydrogen) atoms. The van der Waals surface area contributed by atoms with Crippen LogP contribution in [0.25, 0.3) is 10.8 Å². The van der Waals surface area contributed by atoms with Crippen LogP contribution in [-0.2, 0) is 11.2 Å². The van der Waals surface area contributed by atoms with Crippen molar-refractivity contribution >= 4 is 10.8 Å². The van der Waals surface area contributed by atoms with Gasteiger partial charge in [-0.25, -0.2) is 0 Å². The average Bonchev–Trinajstić information content (AvgIpc) is 2.37. The van der Waals surface area contributed by atoms with Crippen LogP contribution in [-0.4, -0.2) is 13.2 Å². The molecular weight excluding hydrogens is 232 g/mol. The van der Waals surface area contributed by atoms with Crippen LogP contribution in [0.3, 0.4) is 0 Å². The number of fused-ring (bicyclic) bond motifs is 1. The molecule has 0 radical (unpaired) electrons. The summed E-state index contributed by atoms with van der Waals surface area (Å²) in [6.07, 6.45) is 2.18. The van der Waals surface area contributed by atoms with E-state index in [1.807, 2.05) is 0 Å². The first kappa shape index (κ1) is 14.1. The van der Waals surface area contributed by atoms with Crippen LogP contribution in [0.15, 0.2) is 42.5 Å². The summed E-state index contributed by atoms with van der Waals surface area (Å²) in [5.74, 6) is 0. The molecule has 0 aliphatic carbocycles. The highest BCUT2D eigenvalue weighted by atomic mass is 16.5. The van der Waals surface area contributed by atoms with Gasteiger partial charge in [0.05, 0.1) is 6.61 Å². The van der Waals surface area contributed by atoms with Gasteiger partial charge in [-0.3, -0.25) is 0 Å². The fraction of sp³-hybridized carbons (Fsp3) is 0.444. The third-order valence-electron chi connectivity index (χ3n) is 3.15. The van der Waals surface area contributed by atoms with Crippen LogP contribution in [0, 0.1) is 5.41 Å². The van der Waals surface area contributed by atoms with E-state index in [2.05, 4.69) is 63.2 Å². The SMILES string of the molecule is CC(C)(C)COCCCc1cccc2ccccc12. The van der Waals surface area contributed by atoms with Gasteiger partial charge in [0.2, 0.25) is 0 Å². The smallest absolute Gasteiger partial charge is 0.0514 e. The van der Waals surface area contributed by atoms with E-state index in [-0.39, 0.29) is 5.41 Å². The van der Waals surface area contributed by atoms with Crippen molar-refractivity contribution in [2.45, 2.75) is 33.6 Å². The Labute approximate surface area is 116 Å². The molecule has 0 bridgehead atoms. The van der Waals surface area contributed by atoms with E-state index < -0.39 is 0 Å². The van der Waals surface area contributed by atoms with Gasteiger partial charge >= 0.3 is 0 Å². The summed E-state index contributed by atoms with van der Waals surface area (Å²) in [7, 11) is 0. The first-order valence-electron chi connectivity index (χ1n) is 7.11. The maximum Gasteiger partial charge on any atom is 0.0514 e. The van der Waals surface area contributed by atoms with Crippen molar-refractivity contribution in [2.24, 2.45) is 5.41 Å². The maximum absolute atomic E-state index is 5.73. The number of hydrogen-bond acceptors (Lipinski definition) is 1. The van der Waals surface area contributed by atoms with Gasteiger partial charge in [-0.15, -0.1) is 0 Å². The highest BCUT2D eigenvalue weighted by Crippen LogP contribution is 2.20. The lowest BCUT2D eigenvalue weighted by atomic mass is 9.98. The van der Waals surface area contributed by atoms with Gasteiger partial charge in [0.15, 0.2) is 0 Å². The first-order valence-corrected chi connectivity index (χ1v) is 7.11. The van der Waals surface area contributed by atoms with Gasteiger partial charge in [-0.2, -0.15) is 0 Å². The zero-order chi connectivity index (χ0) is 13.7. The molecule has 2 aromatic carbocycles. The Bertz CT molecular complexity index is 517. The molecule has 0 spiro atoms. The predicted octanol–water partition coefficient (Wildman–Crippen LogP) is 4.84. The summed E-state index contributed by atoms with van der Waals surface area (Å²) in [5, 5.41) is 2.71. The van der Waals surface area contributed by atoms with E-state index in [4.69, 9.17) is 4.74 Å². The molecule has 0 unspecified atom stereocenters. The zero-order valence-corrected chi connectivity index (χ0v) is 12.3. The Morgan fingerprint density at radius 2 is 1.68 bits per heavy atom. The van der Waals surface area contributed by atoms with Gasteiger partial charge in [0.1, 0.15) is 0 Å². The van der Waals surface area contributed by atoms with E-state index >= 15 is 0 Å². The van der Waals surface area contributed by atoms with Crippen molar-refractivity contribution in [3.63, 3.8) is 0 Å². The molecule has 102 valence electrons. The van der Waals surface area contributed by atoms with Crippen LogP contribution < -0.4 is 0 Å². The molecule has 2 rings (SSSR count). The third kappa shape index (κ3) is 4.36. The van der Waals surface area contributed by atoms with E-state index in [9.17, 15) is 0 Å². The minimum atomic E-state index is 0.263. The molecule has 1 heteroatoms. The highest BCUT2D eigenvalue weighted by Gasteiger charge is 2.09. The van der Waals surface area contributed by atoms with E-state index in [1.54, 1.807) is 0 Å². The number of aryl methyl sites for hydroxylation is 1. The normalized spacial score (nSPS) is 11.9. The summed E-state index contributed by atoms with van der Waals surface area (Å²) < 4.78 is 5.73. The molecule has 0 heterocycles. The Balaban J connectivity index is 1.88. The summed E-state index contributed by atoms with van der Waals surface area (Å²) in [5.41, 5.74) is 1.69. The predicted molar refractivity (Wildman–Crippen MR) is 82.5 cm³/mol. The lowest BCUT2D eigenvalue weighted by Gasteiger charge is -2.18. The lowest BCUT2D eigenvalue weighted by molar-refractivity contribution is 0.0699. The molecule has 0 aromatic heterocycles. The summed E-state index contributed by atoms with van der Waals surface area (Å²) in [6, 6.07) is 15.1. The second-order valence-corrected chi connectivity index (χ2v) is 6.36. The molecule has 0 N–H and O–H groups in total. The van der Waals surface area contributed by atoms with Gasteiger partial charge in [-0.05, 0) is 34.6 Å². The Kier molecular flexibility index (Phi) is 4.60. The Morgan fingerprint density at radius 3 is 2.47 bits per heavy atom. The van der Waals surface area contributed by atoms with Gasteiger partial charge in [-0.1, -0.05) is 63.2 Å². The quantitative estimate of drug-likeness (QED) is 0.696. The molecule has 0 aliphatic rings. The molecule has 0 aliphatic heterocycles. The molecule has 1 nitrogen and oxygen atoms in total. The van der Waals surface area contributed by atoms with Gasteiger partial charge in [0.25, 0.3) is 0 Å². The first-order chi connectivity index (χ1) is 9.06. The standard InChI is InChI=1S/C18H24O/c1-18(2,3)14-19-13-7-11-16-10-6-9-15-8-4-5-12-17(15)16/h4-6,8-10,12H,7,11,13-14H2,1-3H3. The maximum atomic E-state index is 5.73. The molecule has 0 amide bonds. The van der Waals surface area contributed by atoms with Crippen LogP contribution in [0.1, 0.15) is 32.8 Å². The number of hydrogen-bond donors (Lipinski definition) is 0. The minimum Gasteiger partial charge on any atom is -0.381 e. The fourth-order valence-electron chi connectivity index (χ4n) is 2.25. The van der Waals surface area contributed by atoms with Crippen molar-refractivity contribution in [3.8, 4) is 0 Å². The molecular formula is C18H24O. The Morgan fingerprint density at radius 1 is 0.947 bits per heavy atom. The second kappa shape index (κ2) is 6.21. The van der Waals surface area contributed by atoms with Crippen molar-refractivity contribution in [1.82, 2.24) is 0 Å². The average molecular weight is 256 g/mol. The minimum absolute atomic E-state index is 0.263. The molecule has 2 aromatic rings. The monoisotopic (exact) mass is 256 g/mol. The largest absolute Gasteiger partial charge is 0.381 e. The highest BCUT2D eigenvalue weighted by molar-refractivity contribution is 5.85. The molecule has 0 saturated heterocycles. The molecule has 0 fully saturated rings. The second-order valence-electron chi connectivity index (χ2n) is 6.36. The van der Waals surface area contributed by atoms with Crippen LogP contribution in [0.4, 0.5) is 0 Å². The van der Waals surface area contributed by atoms with Crippen LogP contribution >= 0.6 is 0 Å². The van der Waals surface area contributed by atoms with Gasteiger partial charge in [0, 0.05) is 6.61 Å². The zero-order valence-electron chi connectivity index (χ0n) is 12.3. The molecule has 0 atom stereocenters. The van der Waals surface area contributed by atoms with E-state index in [0.29, 0.717) is 0 Å². The third-order valence-corrected chi connectivity index (χ3v) is 3.15. The van der Waals surface area contributed by atoms with Crippen LogP contribution in [0.5, 0.6) is 0 Å². The Hall–Kier alpha value is -1.34. The number of ether oxygens (including phenoxy) is 1.